The van der Waals surface area contributed by atoms with Crippen molar-refractivity contribution in [1.29, 1.82) is 0 Å². The lowest BCUT2D eigenvalue weighted by Crippen LogP contribution is -2.48. The minimum atomic E-state index is 0.287. The molecule has 0 spiro atoms. The molecule has 2 heterocycles. The van der Waals surface area contributed by atoms with Gasteiger partial charge in [-0.1, -0.05) is 31.5 Å². The molecule has 3 rings (SSSR count). The van der Waals surface area contributed by atoms with Gasteiger partial charge >= 0.3 is 0 Å². The lowest BCUT2D eigenvalue weighted by atomic mass is 10.1. The fraction of sp³-hybridized carbons (Fsp3) is 0.421. The summed E-state index contributed by atoms with van der Waals surface area (Å²) < 4.78 is 0. The molecule has 0 amide bonds. The zero-order valence-electron chi connectivity index (χ0n) is 13.9. The number of para-hydroxylation sites is 1. The molecule has 0 bridgehead atoms. The first kappa shape index (κ1) is 15.8. The summed E-state index contributed by atoms with van der Waals surface area (Å²) in [6, 6.07) is 14.3. The van der Waals surface area contributed by atoms with Crippen LogP contribution in [0, 0.1) is 0 Å². The summed E-state index contributed by atoms with van der Waals surface area (Å²) in [6.07, 6.45) is 7.03. The van der Waals surface area contributed by atoms with Gasteiger partial charge in [-0.2, -0.15) is 0 Å². The number of rotatable bonds is 5. The Balaban J connectivity index is 2.02. The Morgan fingerprint density at radius 1 is 1.09 bits per heavy atom. The lowest BCUT2D eigenvalue weighted by molar-refractivity contribution is 0.161. The van der Waals surface area contributed by atoms with Gasteiger partial charge in [-0.3, -0.25) is 4.90 Å². The lowest BCUT2D eigenvalue weighted by Gasteiger charge is -2.42. The summed E-state index contributed by atoms with van der Waals surface area (Å²) in [5, 5.41) is 0. The molecule has 1 fully saturated rings. The second-order valence-electron chi connectivity index (χ2n) is 6.11. The summed E-state index contributed by atoms with van der Waals surface area (Å²) in [5.41, 5.74) is 8.14. The monoisotopic (exact) mass is 310 g/mol. The van der Waals surface area contributed by atoms with Crippen LogP contribution < -0.4 is 10.6 Å². The Kier molecular flexibility index (Phi) is 5.13. The Bertz CT molecular complexity index is 608. The third-order valence-corrected chi connectivity index (χ3v) is 4.55. The molecule has 4 heteroatoms. The number of likely N-dealkylation sites (tertiary alicyclic amines) is 1. The van der Waals surface area contributed by atoms with Crippen molar-refractivity contribution in [3.05, 3.63) is 48.7 Å². The smallest absolute Gasteiger partial charge is 0.157 e. The third-order valence-electron chi connectivity index (χ3n) is 4.55. The van der Waals surface area contributed by atoms with Crippen LogP contribution in [-0.2, 0) is 0 Å². The molecule has 1 atom stereocenters. The summed E-state index contributed by atoms with van der Waals surface area (Å²) in [4.78, 5) is 9.47. The number of aromatic nitrogens is 1. The van der Waals surface area contributed by atoms with Crippen LogP contribution in [-0.4, -0.2) is 29.1 Å². The average Bonchev–Trinajstić information content (AvgIpc) is 2.62. The number of pyridine rings is 1. The first-order valence-corrected chi connectivity index (χ1v) is 8.60. The highest BCUT2D eigenvalue weighted by Gasteiger charge is 2.28. The number of nitrogens with zero attached hydrogens (tertiary/aromatic N) is 3. The fourth-order valence-electron chi connectivity index (χ4n) is 3.46. The number of anilines is 3. The standard InChI is InChI=1S/C19H26N4/c1-2-18(22-14-7-4-8-15-22)23(16-10-5-3-6-11-16)19-17(20)12-9-13-21-19/h3,5-6,9-13,18H,2,4,7-8,14-15,20H2,1H3. The number of benzene rings is 1. The number of nitrogen functional groups attached to an aromatic ring is 1. The van der Waals surface area contributed by atoms with E-state index in [1.165, 1.54) is 19.3 Å². The van der Waals surface area contributed by atoms with Gasteiger partial charge in [0.1, 0.15) is 0 Å². The van der Waals surface area contributed by atoms with Gasteiger partial charge in [0, 0.05) is 25.0 Å². The summed E-state index contributed by atoms with van der Waals surface area (Å²) in [6.45, 7) is 4.54. The fourth-order valence-corrected chi connectivity index (χ4v) is 3.46. The van der Waals surface area contributed by atoms with Gasteiger partial charge < -0.3 is 10.6 Å². The molecule has 0 saturated carbocycles. The van der Waals surface area contributed by atoms with E-state index in [1.807, 2.05) is 24.4 Å². The number of hydrogen-bond donors (Lipinski definition) is 1. The molecular weight excluding hydrogens is 284 g/mol. The SMILES string of the molecule is CCC(N1CCCCC1)N(c1ccccc1)c1ncccc1N. The number of piperidine rings is 1. The molecule has 23 heavy (non-hydrogen) atoms. The van der Waals surface area contributed by atoms with Crippen molar-refractivity contribution < 1.29 is 0 Å². The third kappa shape index (κ3) is 3.48. The van der Waals surface area contributed by atoms with Gasteiger partial charge in [0.25, 0.3) is 0 Å². The second-order valence-corrected chi connectivity index (χ2v) is 6.11. The first-order chi connectivity index (χ1) is 11.3. The van der Waals surface area contributed by atoms with Gasteiger partial charge in [-0.25, -0.2) is 4.98 Å². The van der Waals surface area contributed by atoms with Crippen LogP contribution in [0.25, 0.3) is 0 Å². The molecule has 4 nitrogen and oxygen atoms in total. The summed E-state index contributed by atoms with van der Waals surface area (Å²) >= 11 is 0. The Hall–Kier alpha value is -2.07. The van der Waals surface area contributed by atoms with Gasteiger partial charge in [-0.15, -0.1) is 0 Å². The normalized spacial score (nSPS) is 16.9. The first-order valence-electron chi connectivity index (χ1n) is 8.60. The molecule has 1 unspecified atom stereocenters. The van der Waals surface area contributed by atoms with E-state index < -0.39 is 0 Å². The van der Waals surface area contributed by atoms with Crippen LogP contribution in [0.5, 0.6) is 0 Å². The van der Waals surface area contributed by atoms with E-state index in [0.717, 1.165) is 36.7 Å². The van der Waals surface area contributed by atoms with E-state index in [0.29, 0.717) is 0 Å². The Morgan fingerprint density at radius 2 is 1.83 bits per heavy atom. The molecule has 122 valence electrons. The predicted octanol–water partition coefficient (Wildman–Crippen LogP) is 4.02. The largest absolute Gasteiger partial charge is 0.396 e. The topological polar surface area (TPSA) is 45.4 Å². The molecule has 2 aromatic rings. The molecule has 2 N–H and O–H groups in total. The zero-order valence-corrected chi connectivity index (χ0v) is 13.9. The van der Waals surface area contributed by atoms with Crippen molar-refractivity contribution >= 4 is 17.2 Å². The Morgan fingerprint density at radius 3 is 2.48 bits per heavy atom. The van der Waals surface area contributed by atoms with Crippen LogP contribution in [0.15, 0.2) is 48.7 Å². The van der Waals surface area contributed by atoms with E-state index in [9.17, 15) is 0 Å². The highest BCUT2D eigenvalue weighted by molar-refractivity contribution is 5.71. The second kappa shape index (κ2) is 7.47. The van der Waals surface area contributed by atoms with Crippen molar-refractivity contribution in [2.24, 2.45) is 0 Å². The molecule has 1 aliphatic rings. The van der Waals surface area contributed by atoms with Crippen LogP contribution in [0.3, 0.4) is 0 Å². The van der Waals surface area contributed by atoms with Gasteiger partial charge in [0.05, 0.1) is 11.9 Å². The van der Waals surface area contributed by atoms with E-state index in [1.54, 1.807) is 0 Å². The van der Waals surface area contributed by atoms with Crippen molar-refractivity contribution in [3.8, 4) is 0 Å². The number of nitrogens with two attached hydrogens (primary N) is 1. The van der Waals surface area contributed by atoms with Crippen molar-refractivity contribution in [2.75, 3.05) is 23.7 Å². The van der Waals surface area contributed by atoms with Gasteiger partial charge in [0.2, 0.25) is 0 Å². The molecule has 1 aliphatic heterocycles. The molecule has 1 aromatic carbocycles. The maximum atomic E-state index is 6.26. The minimum absolute atomic E-state index is 0.287. The molecular formula is C19H26N4. The van der Waals surface area contributed by atoms with E-state index in [2.05, 4.69) is 46.0 Å². The van der Waals surface area contributed by atoms with Crippen molar-refractivity contribution in [1.82, 2.24) is 9.88 Å². The molecule has 0 aliphatic carbocycles. The Labute approximate surface area is 138 Å². The minimum Gasteiger partial charge on any atom is -0.396 e. The molecule has 1 aromatic heterocycles. The highest BCUT2D eigenvalue weighted by atomic mass is 15.4. The quantitative estimate of drug-likeness (QED) is 0.906. The van der Waals surface area contributed by atoms with Crippen molar-refractivity contribution in [2.45, 2.75) is 38.8 Å². The highest BCUT2D eigenvalue weighted by Crippen LogP contribution is 2.33. The summed E-state index contributed by atoms with van der Waals surface area (Å²) in [7, 11) is 0. The van der Waals surface area contributed by atoms with Crippen LogP contribution in [0.1, 0.15) is 32.6 Å². The summed E-state index contributed by atoms with van der Waals surface area (Å²) in [5.74, 6) is 0.858. The maximum Gasteiger partial charge on any atom is 0.157 e. The van der Waals surface area contributed by atoms with Crippen LogP contribution in [0.2, 0.25) is 0 Å². The van der Waals surface area contributed by atoms with E-state index in [4.69, 9.17) is 5.73 Å². The maximum absolute atomic E-state index is 6.26. The van der Waals surface area contributed by atoms with E-state index >= 15 is 0 Å². The average molecular weight is 310 g/mol. The van der Waals surface area contributed by atoms with Gasteiger partial charge in [-0.05, 0) is 43.5 Å². The van der Waals surface area contributed by atoms with E-state index in [-0.39, 0.29) is 6.17 Å². The molecule has 0 radical (unpaired) electrons. The number of hydrogen-bond acceptors (Lipinski definition) is 4. The van der Waals surface area contributed by atoms with Crippen LogP contribution >= 0.6 is 0 Å². The predicted molar refractivity (Wildman–Crippen MR) is 96.7 cm³/mol. The van der Waals surface area contributed by atoms with Gasteiger partial charge in [0.15, 0.2) is 5.82 Å². The van der Waals surface area contributed by atoms with Crippen molar-refractivity contribution in [3.63, 3.8) is 0 Å². The molecule has 1 saturated heterocycles. The zero-order chi connectivity index (χ0) is 16.1. The van der Waals surface area contributed by atoms with Crippen LogP contribution in [0.4, 0.5) is 17.2 Å².